The molecule has 1 aliphatic heterocycles. The van der Waals surface area contributed by atoms with Gasteiger partial charge in [-0.25, -0.2) is 17.9 Å². The molecule has 1 amide bonds. The van der Waals surface area contributed by atoms with Crippen LogP contribution < -0.4 is 4.72 Å². The fourth-order valence-electron chi connectivity index (χ4n) is 2.88. The highest BCUT2D eigenvalue weighted by Gasteiger charge is 2.28. The van der Waals surface area contributed by atoms with E-state index in [1.807, 2.05) is 20.8 Å². The van der Waals surface area contributed by atoms with Crippen molar-refractivity contribution in [3.05, 3.63) is 33.8 Å². The third kappa shape index (κ3) is 7.49. The summed E-state index contributed by atoms with van der Waals surface area (Å²) in [6, 6.07) is 4.74. The molecule has 6 nitrogen and oxygen atoms in total. The molecular formula is C18H26Cl2N2O4S. The van der Waals surface area contributed by atoms with Crippen LogP contribution in [-0.2, 0) is 20.5 Å². The lowest BCUT2D eigenvalue weighted by atomic mass is 9.99. The van der Waals surface area contributed by atoms with Crippen molar-refractivity contribution >= 4 is 39.3 Å². The average molecular weight is 437 g/mol. The van der Waals surface area contributed by atoms with Crippen molar-refractivity contribution in [1.82, 2.24) is 9.62 Å². The van der Waals surface area contributed by atoms with Crippen molar-refractivity contribution in [2.45, 2.75) is 45.0 Å². The molecule has 1 aromatic rings. The highest BCUT2D eigenvalue weighted by Crippen LogP contribution is 2.23. The number of benzene rings is 1. The van der Waals surface area contributed by atoms with Crippen molar-refractivity contribution in [1.29, 1.82) is 0 Å². The van der Waals surface area contributed by atoms with E-state index in [0.29, 0.717) is 28.7 Å². The van der Waals surface area contributed by atoms with Gasteiger partial charge in [0, 0.05) is 29.7 Å². The minimum atomic E-state index is -3.57. The first-order chi connectivity index (χ1) is 12.5. The van der Waals surface area contributed by atoms with E-state index in [0.717, 1.165) is 12.8 Å². The van der Waals surface area contributed by atoms with Gasteiger partial charge in [0.25, 0.3) is 0 Å². The average Bonchev–Trinajstić information content (AvgIpc) is 2.55. The van der Waals surface area contributed by atoms with Crippen LogP contribution in [0.4, 0.5) is 4.79 Å². The monoisotopic (exact) mass is 436 g/mol. The Bertz CT molecular complexity index is 778. The number of sulfonamides is 1. The molecule has 2 rings (SSSR count). The van der Waals surface area contributed by atoms with Crippen LogP contribution in [0.15, 0.2) is 18.2 Å². The Kier molecular flexibility index (Phi) is 7.41. The Labute approximate surface area is 171 Å². The Balaban J connectivity index is 1.91. The predicted octanol–water partition coefficient (Wildman–Crippen LogP) is 4.06. The number of hydrogen-bond donors (Lipinski definition) is 1. The van der Waals surface area contributed by atoms with Crippen LogP contribution in [0, 0.1) is 5.92 Å². The number of halogens is 2. The molecule has 9 heteroatoms. The van der Waals surface area contributed by atoms with Crippen LogP contribution in [0.5, 0.6) is 0 Å². The number of piperidine rings is 1. The molecule has 0 spiro atoms. The first kappa shape index (κ1) is 22.3. The summed E-state index contributed by atoms with van der Waals surface area (Å²) in [7, 11) is -3.57. The van der Waals surface area contributed by atoms with E-state index in [9.17, 15) is 13.2 Å². The zero-order valence-corrected chi connectivity index (χ0v) is 18.1. The second-order valence-corrected chi connectivity index (χ2v) is 10.4. The molecular weight excluding hydrogens is 411 g/mol. The van der Waals surface area contributed by atoms with E-state index in [1.165, 1.54) is 0 Å². The van der Waals surface area contributed by atoms with Gasteiger partial charge < -0.3 is 9.64 Å². The van der Waals surface area contributed by atoms with Crippen LogP contribution in [0.25, 0.3) is 0 Å². The molecule has 1 atom stereocenters. The first-order valence-corrected chi connectivity index (χ1v) is 11.3. The molecule has 1 aliphatic rings. The van der Waals surface area contributed by atoms with Gasteiger partial charge in [0.15, 0.2) is 0 Å². The highest BCUT2D eigenvalue weighted by atomic mass is 35.5. The van der Waals surface area contributed by atoms with Gasteiger partial charge in [-0.1, -0.05) is 23.2 Å². The molecule has 1 heterocycles. The lowest BCUT2D eigenvalue weighted by Crippen LogP contribution is -2.45. The normalized spacial score (nSPS) is 18.4. The topological polar surface area (TPSA) is 75.7 Å². The lowest BCUT2D eigenvalue weighted by Gasteiger charge is -2.34. The number of nitrogens with zero attached hydrogens (tertiary/aromatic N) is 1. The van der Waals surface area contributed by atoms with E-state index in [4.69, 9.17) is 27.9 Å². The summed E-state index contributed by atoms with van der Waals surface area (Å²) in [6.07, 6.45) is 1.30. The highest BCUT2D eigenvalue weighted by molar-refractivity contribution is 7.88. The van der Waals surface area contributed by atoms with Crippen LogP contribution in [-0.4, -0.2) is 44.6 Å². The van der Waals surface area contributed by atoms with Gasteiger partial charge in [-0.3, -0.25) is 0 Å². The van der Waals surface area contributed by atoms with E-state index in [-0.39, 0.29) is 24.3 Å². The lowest BCUT2D eigenvalue weighted by molar-refractivity contribution is 0.0169. The number of amides is 1. The molecule has 0 aromatic heterocycles. The second-order valence-electron chi connectivity index (χ2n) is 7.78. The van der Waals surface area contributed by atoms with Crippen LogP contribution in [0.1, 0.15) is 39.2 Å². The van der Waals surface area contributed by atoms with Gasteiger partial charge in [0.2, 0.25) is 10.0 Å². The fourth-order valence-corrected chi connectivity index (χ4v) is 4.58. The standard InChI is InChI=1S/C18H26Cl2N2O4S/c1-18(2,3)26-17(23)22-8-4-5-13(11-22)10-21-27(24,25)12-14-9-15(19)6-7-16(14)20/h6-7,9,13,21H,4-5,8,10-12H2,1-3H3/t13-/m1/s1. The van der Waals surface area contributed by atoms with Gasteiger partial charge in [0.1, 0.15) is 5.60 Å². The maximum atomic E-state index is 12.4. The van der Waals surface area contributed by atoms with Crippen molar-refractivity contribution < 1.29 is 17.9 Å². The molecule has 1 fully saturated rings. The third-order valence-electron chi connectivity index (χ3n) is 4.12. The molecule has 1 aromatic carbocycles. The zero-order chi connectivity index (χ0) is 20.2. The Hall–Kier alpha value is -1.02. The molecule has 0 saturated carbocycles. The Morgan fingerprint density at radius 2 is 2.04 bits per heavy atom. The van der Waals surface area contributed by atoms with E-state index < -0.39 is 15.6 Å². The smallest absolute Gasteiger partial charge is 0.410 e. The number of carbonyl (C=O) groups excluding carboxylic acids is 1. The van der Waals surface area contributed by atoms with Crippen LogP contribution >= 0.6 is 23.2 Å². The molecule has 1 saturated heterocycles. The maximum Gasteiger partial charge on any atom is 0.410 e. The quantitative estimate of drug-likeness (QED) is 0.754. The van der Waals surface area contributed by atoms with Crippen molar-refractivity contribution in [3.63, 3.8) is 0 Å². The van der Waals surface area contributed by atoms with Gasteiger partial charge in [-0.2, -0.15) is 0 Å². The summed E-state index contributed by atoms with van der Waals surface area (Å²) in [5, 5.41) is 0.795. The predicted molar refractivity (Wildman–Crippen MR) is 108 cm³/mol. The van der Waals surface area contributed by atoms with Gasteiger partial charge in [-0.05, 0) is 63.3 Å². The molecule has 0 aliphatic carbocycles. The van der Waals surface area contributed by atoms with Crippen molar-refractivity contribution in [3.8, 4) is 0 Å². The van der Waals surface area contributed by atoms with Gasteiger partial charge in [0.05, 0.1) is 5.75 Å². The minimum absolute atomic E-state index is 0.0378. The number of nitrogens with one attached hydrogen (secondary N) is 1. The van der Waals surface area contributed by atoms with Crippen LogP contribution in [0.3, 0.4) is 0 Å². The first-order valence-electron chi connectivity index (χ1n) is 8.84. The summed E-state index contributed by atoms with van der Waals surface area (Å²) in [6.45, 7) is 6.82. The fraction of sp³-hybridized carbons (Fsp3) is 0.611. The van der Waals surface area contributed by atoms with Crippen molar-refractivity contribution in [2.24, 2.45) is 5.92 Å². The Morgan fingerprint density at radius 1 is 1.33 bits per heavy atom. The summed E-state index contributed by atoms with van der Waals surface area (Å²) in [5.41, 5.74) is -0.0994. The second kappa shape index (κ2) is 8.99. The maximum absolute atomic E-state index is 12.4. The Morgan fingerprint density at radius 3 is 2.70 bits per heavy atom. The molecule has 0 bridgehead atoms. The molecule has 0 unspecified atom stereocenters. The van der Waals surface area contributed by atoms with E-state index in [1.54, 1.807) is 23.1 Å². The largest absolute Gasteiger partial charge is 0.444 e. The minimum Gasteiger partial charge on any atom is -0.444 e. The third-order valence-corrected chi connectivity index (χ3v) is 6.02. The number of rotatable bonds is 5. The summed E-state index contributed by atoms with van der Waals surface area (Å²) in [4.78, 5) is 13.8. The number of ether oxygens (including phenoxy) is 1. The number of carbonyl (C=O) groups is 1. The molecule has 0 radical (unpaired) electrons. The van der Waals surface area contributed by atoms with Gasteiger partial charge in [-0.15, -0.1) is 0 Å². The molecule has 27 heavy (non-hydrogen) atoms. The summed E-state index contributed by atoms with van der Waals surface area (Å²) < 4.78 is 32.8. The van der Waals surface area contributed by atoms with Crippen LogP contribution in [0.2, 0.25) is 10.0 Å². The van der Waals surface area contributed by atoms with Crippen molar-refractivity contribution in [2.75, 3.05) is 19.6 Å². The number of likely N-dealkylation sites (tertiary alicyclic amines) is 1. The SMILES string of the molecule is CC(C)(C)OC(=O)N1CCC[C@H](CNS(=O)(=O)Cc2cc(Cl)ccc2Cl)C1. The summed E-state index contributed by atoms with van der Waals surface area (Å²) in [5.74, 6) is -0.203. The summed E-state index contributed by atoms with van der Waals surface area (Å²) >= 11 is 12.0. The van der Waals surface area contributed by atoms with E-state index in [2.05, 4.69) is 4.72 Å². The zero-order valence-electron chi connectivity index (χ0n) is 15.8. The molecule has 152 valence electrons. The molecule has 1 N–H and O–H groups in total. The van der Waals surface area contributed by atoms with E-state index >= 15 is 0 Å². The number of hydrogen-bond acceptors (Lipinski definition) is 4. The van der Waals surface area contributed by atoms with Gasteiger partial charge >= 0.3 is 6.09 Å².